The SMILES string of the molecule is CC(C)c1cccc(C(C)C)c1N1C(=O)c2ccc3c4c(Oc5ccc(S(=O)(=O)O)cc5-c5ccc(S(=O)(=O)O)cc5)cc5c6c(ccc(c7c(Oc8ccccc8-c8ccccc8)cc(c2c37)C1=O)c64)C(=O)N(c1c(C(C)C)cccc1C(C)C)C5=O. The summed E-state index contributed by atoms with van der Waals surface area (Å²) in [4.78, 5) is 65.0. The van der Waals surface area contributed by atoms with E-state index >= 15 is 19.2 Å². The van der Waals surface area contributed by atoms with Gasteiger partial charge < -0.3 is 9.47 Å². The highest BCUT2D eigenvalue weighted by Crippen LogP contribution is 2.55. The van der Waals surface area contributed by atoms with Gasteiger partial charge in [0, 0.05) is 54.6 Å². The lowest BCUT2D eigenvalue weighted by Crippen LogP contribution is -2.42. The third-order valence-corrected chi connectivity index (χ3v) is 18.7. The maximum Gasteiger partial charge on any atom is 0.294 e. The topological polar surface area (TPSA) is 202 Å². The molecule has 2 N–H and O–H groups in total. The first-order valence-corrected chi connectivity index (χ1v) is 31.8. The average Bonchev–Trinajstić information content (AvgIpc) is 0.683. The first-order chi connectivity index (χ1) is 41.9. The van der Waals surface area contributed by atoms with E-state index in [0.717, 1.165) is 57.6 Å². The van der Waals surface area contributed by atoms with E-state index in [4.69, 9.17) is 9.47 Å². The quantitative estimate of drug-likeness (QED) is 0.0452. The van der Waals surface area contributed by atoms with Crippen LogP contribution < -0.4 is 19.3 Å². The van der Waals surface area contributed by atoms with Crippen molar-refractivity contribution in [3.8, 4) is 45.3 Å². The van der Waals surface area contributed by atoms with Gasteiger partial charge in [-0.05, 0) is 128 Å². The molecule has 0 aromatic heterocycles. The third-order valence-electron chi connectivity index (χ3n) is 17.0. The van der Waals surface area contributed by atoms with Crippen molar-refractivity contribution in [3.63, 3.8) is 0 Å². The number of carbonyl (C=O) groups is 4. The van der Waals surface area contributed by atoms with E-state index in [0.29, 0.717) is 60.2 Å². The number of amides is 4. The number of rotatable bonds is 14. The Morgan fingerprint density at radius 1 is 0.330 bits per heavy atom. The zero-order chi connectivity index (χ0) is 62.2. The van der Waals surface area contributed by atoms with Gasteiger partial charge in [-0.1, -0.05) is 165 Å². The summed E-state index contributed by atoms with van der Waals surface area (Å²) in [6.07, 6.45) is 0. The number of fused-ring (bicyclic) bond motifs is 2. The minimum Gasteiger partial charge on any atom is -0.456 e. The fraction of sp³-hybridized carbons (Fsp3) is 0.167. The van der Waals surface area contributed by atoms with Crippen molar-refractivity contribution < 1.29 is 54.6 Å². The smallest absolute Gasteiger partial charge is 0.294 e. The Balaban J connectivity index is 1.17. The zero-order valence-electron chi connectivity index (χ0n) is 49.2. The van der Waals surface area contributed by atoms with Crippen LogP contribution in [0.2, 0.25) is 0 Å². The van der Waals surface area contributed by atoms with Crippen molar-refractivity contribution in [2.75, 3.05) is 9.80 Å². The number of nitrogens with zero attached hydrogens (tertiary/aromatic N) is 2. The van der Waals surface area contributed by atoms with Gasteiger partial charge in [-0.25, -0.2) is 9.80 Å². The Kier molecular flexibility index (Phi) is 13.8. The lowest BCUT2D eigenvalue weighted by atomic mass is 9.80. The summed E-state index contributed by atoms with van der Waals surface area (Å²) < 4.78 is 85.1. The van der Waals surface area contributed by atoms with Crippen LogP contribution >= 0.6 is 0 Å². The molecule has 2 heterocycles. The molecule has 2 aliphatic rings. The Morgan fingerprint density at radius 3 is 1.15 bits per heavy atom. The molecule has 11 aromatic rings. The molecule has 440 valence electrons. The Hall–Kier alpha value is -9.58. The summed E-state index contributed by atoms with van der Waals surface area (Å²) in [5, 5.41) is 3.10. The molecule has 13 rings (SSSR count). The van der Waals surface area contributed by atoms with Crippen LogP contribution in [-0.2, 0) is 20.2 Å². The van der Waals surface area contributed by atoms with E-state index in [1.165, 1.54) is 28.0 Å². The summed E-state index contributed by atoms with van der Waals surface area (Å²) >= 11 is 0. The second-order valence-electron chi connectivity index (χ2n) is 23.7. The highest BCUT2D eigenvalue weighted by molar-refractivity contribution is 7.86. The average molecular weight is 1210 g/mol. The largest absolute Gasteiger partial charge is 0.456 e. The molecule has 4 amide bonds. The molecular weight excluding hydrogens is 1150 g/mol. The lowest BCUT2D eigenvalue weighted by Gasteiger charge is -2.34. The first kappa shape index (κ1) is 57.5. The number of carbonyl (C=O) groups excluding carboxylic acids is 4. The van der Waals surface area contributed by atoms with Gasteiger partial charge >= 0.3 is 0 Å². The fourth-order valence-corrected chi connectivity index (χ4v) is 13.9. The summed E-state index contributed by atoms with van der Waals surface area (Å²) in [5.74, 6) is -2.17. The lowest BCUT2D eigenvalue weighted by molar-refractivity contribution is 0.0877. The van der Waals surface area contributed by atoms with Crippen LogP contribution in [0.15, 0.2) is 180 Å². The van der Waals surface area contributed by atoms with Gasteiger partial charge in [0.25, 0.3) is 43.9 Å². The molecule has 16 heteroatoms. The second-order valence-corrected chi connectivity index (χ2v) is 26.5. The van der Waals surface area contributed by atoms with Gasteiger partial charge in [0.1, 0.15) is 23.0 Å². The third kappa shape index (κ3) is 9.11. The van der Waals surface area contributed by atoms with Crippen LogP contribution in [0.4, 0.5) is 11.4 Å². The number of para-hydroxylation sites is 3. The molecule has 0 saturated heterocycles. The standard InChI is InChI=1S/C72H58N2O12S2/c1-37(2)45-19-14-20-46(38(3)4)67(45)73-69(75)52-32-30-51-64-60(86-58-33-28-44(88(82,83)84)34-54(58)42-24-26-43(27-25-42)87(79,80)81)36-56-62-53(70(76)74(72(56)78)68-47(39(5)6)21-15-22-48(68)40(7)8)31-29-50(66(62)64)63-59(35-55(71(73)77)61(52)65(51)63)85-57-23-13-12-18-49(57)41-16-10-9-11-17-41/h9-40H,1-8H3,(H,79,80,81)(H,82,83,84). The molecule has 88 heavy (non-hydrogen) atoms. The van der Waals surface area contributed by atoms with Gasteiger partial charge in [-0.3, -0.25) is 28.3 Å². The minimum atomic E-state index is -4.86. The van der Waals surface area contributed by atoms with E-state index in [1.807, 2.05) is 146 Å². The normalized spacial score (nSPS) is 13.8. The van der Waals surface area contributed by atoms with Crippen molar-refractivity contribution in [2.24, 2.45) is 0 Å². The summed E-state index contributed by atoms with van der Waals surface area (Å²) in [6, 6.07) is 47.4. The van der Waals surface area contributed by atoms with Gasteiger partial charge in [-0.15, -0.1) is 0 Å². The molecule has 0 spiro atoms. The van der Waals surface area contributed by atoms with E-state index in [9.17, 15) is 25.9 Å². The molecule has 0 radical (unpaired) electrons. The van der Waals surface area contributed by atoms with Crippen LogP contribution in [0.3, 0.4) is 0 Å². The molecule has 0 saturated carbocycles. The Morgan fingerprint density at radius 2 is 0.716 bits per heavy atom. The van der Waals surface area contributed by atoms with E-state index in [1.54, 1.807) is 36.4 Å². The predicted molar refractivity (Wildman–Crippen MR) is 343 cm³/mol. The molecule has 11 aromatic carbocycles. The molecule has 0 atom stereocenters. The zero-order valence-corrected chi connectivity index (χ0v) is 50.8. The van der Waals surface area contributed by atoms with E-state index in [2.05, 4.69) is 0 Å². The highest BCUT2D eigenvalue weighted by Gasteiger charge is 2.42. The monoisotopic (exact) mass is 1210 g/mol. The number of benzene rings is 11. The highest BCUT2D eigenvalue weighted by atomic mass is 32.2. The fourth-order valence-electron chi connectivity index (χ4n) is 12.9. The van der Waals surface area contributed by atoms with Gasteiger partial charge in [0.15, 0.2) is 0 Å². The molecule has 2 aliphatic heterocycles. The van der Waals surface area contributed by atoms with Crippen LogP contribution in [-0.4, -0.2) is 49.6 Å². The Labute approximate surface area is 508 Å². The molecule has 14 nitrogen and oxygen atoms in total. The second kappa shape index (κ2) is 21.1. The van der Waals surface area contributed by atoms with Gasteiger partial charge in [0.05, 0.1) is 32.3 Å². The number of anilines is 2. The summed E-state index contributed by atoms with van der Waals surface area (Å²) in [5.41, 5.74) is 6.59. The maximum atomic E-state index is 16.0. The molecule has 0 bridgehead atoms. The van der Waals surface area contributed by atoms with Crippen LogP contribution in [0.1, 0.15) is 143 Å². The van der Waals surface area contributed by atoms with E-state index in [-0.39, 0.29) is 74.3 Å². The first-order valence-electron chi connectivity index (χ1n) is 28.9. The van der Waals surface area contributed by atoms with Crippen molar-refractivity contribution >= 4 is 98.3 Å². The molecule has 0 aliphatic carbocycles. The van der Waals surface area contributed by atoms with Crippen LogP contribution in [0.5, 0.6) is 23.0 Å². The summed E-state index contributed by atoms with van der Waals surface area (Å²) in [6.45, 7) is 16.0. The number of hydrogen-bond donors (Lipinski definition) is 2. The predicted octanol–water partition coefficient (Wildman–Crippen LogP) is 17.2. The van der Waals surface area contributed by atoms with Crippen LogP contribution in [0.25, 0.3) is 65.3 Å². The van der Waals surface area contributed by atoms with Crippen molar-refractivity contribution in [2.45, 2.75) is 88.9 Å². The Bertz CT molecular complexity index is 5020. The number of ether oxygens (including phenoxy) is 2. The van der Waals surface area contributed by atoms with Crippen molar-refractivity contribution in [1.82, 2.24) is 0 Å². The molecular formula is C72H58N2O12S2. The van der Waals surface area contributed by atoms with Gasteiger partial charge in [-0.2, -0.15) is 16.8 Å². The number of hydrogen-bond acceptors (Lipinski definition) is 10. The molecule has 0 fully saturated rings. The summed E-state index contributed by atoms with van der Waals surface area (Å²) in [7, 11) is -9.54. The van der Waals surface area contributed by atoms with Crippen molar-refractivity contribution in [1.29, 1.82) is 0 Å². The number of imide groups is 2. The van der Waals surface area contributed by atoms with Crippen LogP contribution in [0, 0.1) is 0 Å². The van der Waals surface area contributed by atoms with Gasteiger partial charge in [0.2, 0.25) is 0 Å². The van der Waals surface area contributed by atoms with E-state index < -0.39 is 53.7 Å². The maximum absolute atomic E-state index is 16.0. The minimum absolute atomic E-state index is 0.0194. The molecule has 0 unspecified atom stereocenters. The van der Waals surface area contributed by atoms with Crippen molar-refractivity contribution in [3.05, 3.63) is 214 Å².